The van der Waals surface area contributed by atoms with E-state index in [1.54, 1.807) is 17.8 Å². The quantitative estimate of drug-likeness (QED) is 0.595. The van der Waals surface area contributed by atoms with Crippen LogP contribution in [0.3, 0.4) is 0 Å². The first-order valence-corrected chi connectivity index (χ1v) is 11.0. The fourth-order valence-corrected chi connectivity index (χ4v) is 4.66. The van der Waals surface area contributed by atoms with Crippen molar-refractivity contribution in [3.8, 4) is 0 Å². The fourth-order valence-electron chi connectivity index (χ4n) is 3.61. The highest BCUT2D eigenvalue weighted by Crippen LogP contribution is 2.35. The average molecular weight is 421 g/mol. The highest BCUT2D eigenvalue weighted by Gasteiger charge is 2.28. The second-order valence-electron chi connectivity index (χ2n) is 7.31. The van der Waals surface area contributed by atoms with E-state index in [1.165, 1.54) is 12.5 Å². The highest BCUT2D eigenvalue weighted by atomic mass is 32.2. The summed E-state index contributed by atoms with van der Waals surface area (Å²) in [7, 11) is 0. The molecule has 4 rings (SSSR count). The van der Waals surface area contributed by atoms with Gasteiger partial charge in [0.05, 0.1) is 11.8 Å². The van der Waals surface area contributed by atoms with Crippen LogP contribution in [0.1, 0.15) is 34.0 Å². The molecule has 0 radical (unpaired) electrons. The Kier molecular flexibility index (Phi) is 6.54. The van der Waals surface area contributed by atoms with Gasteiger partial charge in [0.25, 0.3) is 5.91 Å². The molecule has 1 unspecified atom stereocenters. The Morgan fingerprint density at radius 2 is 1.63 bits per heavy atom. The third-order valence-corrected chi connectivity index (χ3v) is 6.50. The van der Waals surface area contributed by atoms with E-state index in [-0.39, 0.29) is 23.1 Å². The molecule has 1 aromatic heterocycles. The van der Waals surface area contributed by atoms with E-state index in [2.05, 4.69) is 5.32 Å². The summed E-state index contributed by atoms with van der Waals surface area (Å²) in [5.41, 5.74) is 1.55. The van der Waals surface area contributed by atoms with Gasteiger partial charge in [-0.2, -0.15) is 0 Å². The maximum Gasteiger partial charge on any atom is 0.257 e. The molecule has 154 valence electrons. The maximum atomic E-state index is 13.2. The normalized spacial score (nSPS) is 15.5. The van der Waals surface area contributed by atoms with Gasteiger partial charge >= 0.3 is 0 Å². The van der Waals surface area contributed by atoms with Gasteiger partial charge in [0.2, 0.25) is 5.91 Å². The van der Waals surface area contributed by atoms with E-state index in [1.807, 2.05) is 65.6 Å². The second-order valence-corrected chi connectivity index (χ2v) is 8.49. The van der Waals surface area contributed by atoms with Crippen molar-refractivity contribution in [1.82, 2.24) is 10.2 Å². The second kappa shape index (κ2) is 9.67. The van der Waals surface area contributed by atoms with Crippen LogP contribution in [0.2, 0.25) is 0 Å². The number of nitrogens with zero attached hydrogens (tertiary/aromatic N) is 1. The minimum Gasteiger partial charge on any atom is -0.472 e. The van der Waals surface area contributed by atoms with Gasteiger partial charge in [0, 0.05) is 24.0 Å². The van der Waals surface area contributed by atoms with Crippen molar-refractivity contribution in [2.45, 2.75) is 29.0 Å². The van der Waals surface area contributed by atoms with Crippen LogP contribution in [0.15, 0.2) is 88.6 Å². The predicted octanol–water partition coefficient (Wildman–Crippen LogP) is 4.53. The van der Waals surface area contributed by atoms with Crippen molar-refractivity contribution < 1.29 is 14.0 Å². The van der Waals surface area contributed by atoms with Gasteiger partial charge in [0.15, 0.2) is 0 Å². The molecule has 1 saturated heterocycles. The summed E-state index contributed by atoms with van der Waals surface area (Å²) in [6.07, 6.45) is 4.47. The van der Waals surface area contributed by atoms with E-state index >= 15 is 0 Å². The molecule has 0 spiro atoms. The number of benzene rings is 2. The van der Waals surface area contributed by atoms with E-state index in [0.29, 0.717) is 18.7 Å². The van der Waals surface area contributed by atoms with Crippen LogP contribution in [0, 0.1) is 0 Å². The van der Waals surface area contributed by atoms with Crippen LogP contribution in [0.4, 0.5) is 0 Å². The van der Waals surface area contributed by atoms with Crippen LogP contribution in [0.25, 0.3) is 0 Å². The van der Waals surface area contributed by atoms with Crippen molar-refractivity contribution in [2.24, 2.45) is 0 Å². The number of carbonyl (C=O) groups excluding carboxylic acids is 2. The zero-order valence-corrected chi connectivity index (χ0v) is 17.4. The molecule has 0 saturated carbocycles. The van der Waals surface area contributed by atoms with E-state index in [4.69, 9.17) is 4.42 Å². The lowest BCUT2D eigenvalue weighted by Crippen LogP contribution is -2.47. The van der Waals surface area contributed by atoms with Crippen LogP contribution in [-0.4, -0.2) is 35.8 Å². The molecular formula is C24H24N2O3S. The molecule has 1 fully saturated rings. The van der Waals surface area contributed by atoms with Crippen molar-refractivity contribution in [3.63, 3.8) is 0 Å². The molecule has 1 atom stereocenters. The first kappa shape index (κ1) is 20.3. The maximum absolute atomic E-state index is 13.2. The van der Waals surface area contributed by atoms with Crippen LogP contribution in [0.5, 0.6) is 0 Å². The Bertz CT molecular complexity index is 953. The van der Waals surface area contributed by atoms with Gasteiger partial charge in [-0.3, -0.25) is 9.59 Å². The first-order chi connectivity index (χ1) is 14.7. The fraction of sp³-hybridized carbons (Fsp3) is 0.250. The number of amides is 2. The van der Waals surface area contributed by atoms with Gasteiger partial charge in [-0.1, -0.05) is 48.5 Å². The Balaban J connectivity index is 1.39. The molecule has 2 heterocycles. The van der Waals surface area contributed by atoms with Crippen molar-refractivity contribution in [2.75, 3.05) is 13.1 Å². The van der Waals surface area contributed by atoms with Gasteiger partial charge < -0.3 is 14.6 Å². The molecule has 0 bridgehead atoms. The van der Waals surface area contributed by atoms with Gasteiger partial charge in [-0.15, -0.1) is 11.8 Å². The zero-order chi connectivity index (χ0) is 20.8. The molecule has 1 aliphatic heterocycles. The Morgan fingerprint density at radius 3 is 2.27 bits per heavy atom. The molecule has 1 N–H and O–H groups in total. The standard InChI is InChI=1S/C24H24N2O3S/c27-23(22(18-7-3-1-4-8-18)30-21-9-5-2-6-10-21)25-20-11-14-26(15-12-20)24(28)19-13-16-29-17-19/h1-10,13,16-17,20,22H,11-12,14-15H2,(H,25,27). The summed E-state index contributed by atoms with van der Waals surface area (Å²) in [6.45, 7) is 1.24. The van der Waals surface area contributed by atoms with Crippen LogP contribution >= 0.6 is 11.8 Å². The molecule has 6 heteroatoms. The van der Waals surface area contributed by atoms with E-state index in [9.17, 15) is 9.59 Å². The number of furan rings is 1. The van der Waals surface area contributed by atoms with Crippen LogP contribution in [-0.2, 0) is 4.79 Å². The largest absolute Gasteiger partial charge is 0.472 e. The highest BCUT2D eigenvalue weighted by molar-refractivity contribution is 8.00. The molecule has 1 aliphatic rings. The SMILES string of the molecule is O=C(NC1CCN(C(=O)c2ccoc2)CC1)C(Sc1ccccc1)c1ccccc1. The topological polar surface area (TPSA) is 62.6 Å². The number of hydrogen-bond acceptors (Lipinski definition) is 4. The number of rotatable bonds is 6. The Hall–Kier alpha value is -2.99. The molecule has 2 amide bonds. The number of nitrogens with one attached hydrogen (secondary N) is 1. The average Bonchev–Trinajstić information content (AvgIpc) is 3.34. The van der Waals surface area contributed by atoms with Gasteiger partial charge in [-0.05, 0) is 36.6 Å². The van der Waals surface area contributed by atoms with Crippen LogP contribution < -0.4 is 5.32 Å². The first-order valence-electron chi connectivity index (χ1n) is 10.1. The summed E-state index contributed by atoms with van der Waals surface area (Å²) in [4.78, 5) is 28.5. The van der Waals surface area contributed by atoms with E-state index < -0.39 is 0 Å². The lowest BCUT2D eigenvalue weighted by Gasteiger charge is -2.33. The summed E-state index contributed by atoms with van der Waals surface area (Å²) >= 11 is 1.56. The predicted molar refractivity (Wildman–Crippen MR) is 117 cm³/mol. The third-order valence-electron chi connectivity index (χ3n) is 5.23. The minimum atomic E-state index is -0.320. The molecule has 3 aromatic rings. The van der Waals surface area contributed by atoms with Crippen molar-refractivity contribution in [3.05, 3.63) is 90.4 Å². The number of piperidine rings is 1. The molecule has 30 heavy (non-hydrogen) atoms. The number of thioether (sulfide) groups is 1. The van der Waals surface area contributed by atoms with Crippen molar-refractivity contribution in [1.29, 1.82) is 0 Å². The lowest BCUT2D eigenvalue weighted by molar-refractivity contribution is -0.121. The molecular weight excluding hydrogens is 396 g/mol. The third kappa shape index (κ3) is 4.94. The zero-order valence-electron chi connectivity index (χ0n) is 16.6. The minimum absolute atomic E-state index is 0.00895. The summed E-state index contributed by atoms with van der Waals surface area (Å²) in [5, 5.41) is 2.90. The van der Waals surface area contributed by atoms with Crippen molar-refractivity contribution >= 4 is 23.6 Å². The Labute approximate surface area is 180 Å². The Morgan fingerprint density at radius 1 is 0.967 bits per heavy atom. The summed E-state index contributed by atoms with van der Waals surface area (Å²) < 4.78 is 5.01. The van der Waals surface area contributed by atoms with E-state index in [0.717, 1.165) is 23.3 Å². The summed E-state index contributed by atoms with van der Waals surface area (Å²) in [5.74, 6) is -0.00927. The molecule has 0 aliphatic carbocycles. The number of hydrogen-bond donors (Lipinski definition) is 1. The molecule has 5 nitrogen and oxygen atoms in total. The lowest BCUT2D eigenvalue weighted by atomic mass is 10.0. The van der Waals surface area contributed by atoms with Gasteiger partial charge in [-0.25, -0.2) is 0 Å². The number of carbonyl (C=O) groups is 2. The molecule has 2 aromatic carbocycles. The van der Waals surface area contributed by atoms with Gasteiger partial charge in [0.1, 0.15) is 11.5 Å². The monoisotopic (exact) mass is 420 g/mol. The smallest absolute Gasteiger partial charge is 0.257 e. The summed E-state index contributed by atoms with van der Waals surface area (Å²) in [6, 6.07) is 21.6. The number of likely N-dealkylation sites (tertiary alicyclic amines) is 1.